The molecule has 7 nitrogen and oxygen atoms in total. The molecule has 0 aliphatic carbocycles. The van der Waals surface area contributed by atoms with E-state index < -0.39 is 0 Å². The minimum atomic E-state index is -0.340. The Hall–Kier alpha value is -2.02. The number of halogens is 1. The van der Waals surface area contributed by atoms with Crippen LogP contribution >= 0.6 is 11.6 Å². The van der Waals surface area contributed by atoms with Crippen molar-refractivity contribution in [3.8, 4) is 0 Å². The van der Waals surface area contributed by atoms with Crippen molar-refractivity contribution < 1.29 is 4.79 Å². The van der Waals surface area contributed by atoms with Crippen LogP contribution in [-0.4, -0.2) is 31.5 Å². The Morgan fingerprint density at radius 2 is 2.41 bits per heavy atom. The lowest BCUT2D eigenvalue weighted by Gasteiger charge is -2.09. The van der Waals surface area contributed by atoms with Gasteiger partial charge in [-0.3, -0.25) is 4.79 Å². The Morgan fingerprint density at radius 1 is 1.59 bits per heavy atom. The number of rotatable bonds is 3. The summed E-state index contributed by atoms with van der Waals surface area (Å²) < 4.78 is 0. The Balaban J connectivity index is 2.07. The van der Waals surface area contributed by atoms with E-state index in [0.29, 0.717) is 11.4 Å². The molecule has 2 rings (SSSR count). The Labute approximate surface area is 102 Å². The van der Waals surface area contributed by atoms with Crippen LogP contribution in [0.1, 0.15) is 29.1 Å². The average Bonchev–Trinajstić information content (AvgIpc) is 2.82. The molecule has 0 aliphatic heterocycles. The summed E-state index contributed by atoms with van der Waals surface area (Å²) in [4.78, 5) is 15.6. The van der Waals surface area contributed by atoms with Gasteiger partial charge in [0.15, 0.2) is 5.82 Å². The molecule has 2 aromatic rings. The van der Waals surface area contributed by atoms with Gasteiger partial charge in [0, 0.05) is 11.8 Å². The summed E-state index contributed by atoms with van der Waals surface area (Å²) in [7, 11) is 0. The van der Waals surface area contributed by atoms with Gasteiger partial charge in [-0.05, 0) is 19.1 Å². The maximum absolute atomic E-state index is 11.8. The Kier molecular flexibility index (Phi) is 3.29. The minimum absolute atomic E-state index is 0.268. The average molecular weight is 253 g/mol. The molecule has 1 unspecified atom stereocenters. The summed E-state index contributed by atoms with van der Waals surface area (Å²) in [6.45, 7) is 1.76. The van der Waals surface area contributed by atoms with Gasteiger partial charge < -0.3 is 5.32 Å². The second-order valence-corrected chi connectivity index (χ2v) is 3.72. The van der Waals surface area contributed by atoms with Gasteiger partial charge in [0.1, 0.15) is 5.15 Å². The van der Waals surface area contributed by atoms with Gasteiger partial charge in [0.05, 0.1) is 6.04 Å². The zero-order valence-electron chi connectivity index (χ0n) is 8.88. The second-order valence-electron chi connectivity index (χ2n) is 3.33. The number of tetrazole rings is 1. The number of H-pyrrole nitrogens is 1. The lowest BCUT2D eigenvalue weighted by molar-refractivity contribution is 0.0938. The first-order chi connectivity index (χ1) is 8.16. The predicted molar refractivity (Wildman–Crippen MR) is 59.3 cm³/mol. The molecule has 0 fully saturated rings. The largest absolute Gasteiger partial charge is 0.342 e. The number of nitrogens with zero attached hydrogens (tertiary/aromatic N) is 4. The molecule has 17 heavy (non-hydrogen) atoms. The lowest BCUT2D eigenvalue weighted by Crippen LogP contribution is -2.27. The summed E-state index contributed by atoms with van der Waals surface area (Å²) in [6.07, 6.45) is 1.47. The van der Waals surface area contributed by atoms with Crippen molar-refractivity contribution in [2.45, 2.75) is 13.0 Å². The van der Waals surface area contributed by atoms with E-state index in [1.807, 2.05) is 0 Å². The highest BCUT2D eigenvalue weighted by atomic mass is 35.5. The molecule has 0 saturated carbocycles. The highest BCUT2D eigenvalue weighted by molar-refractivity contribution is 6.29. The predicted octanol–water partition coefficient (Wildman–Crippen LogP) is 0.739. The van der Waals surface area contributed by atoms with Crippen molar-refractivity contribution in [2.75, 3.05) is 0 Å². The van der Waals surface area contributed by atoms with Crippen LogP contribution in [0.15, 0.2) is 18.3 Å². The van der Waals surface area contributed by atoms with E-state index in [-0.39, 0.29) is 17.1 Å². The van der Waals surface area contributed by atoms with Crippen molar-refractivity contribution in [3.05, 3.63) is 34.9 Å². The molecule has 2 heterocycles. The van der Waals surface area contributed by atoms with E-state index in [9.17, 15) is 4.79 Å². The number of carbonyl (C=O) groups excluding carboxylic acids is 1. The molecule has 2 N–H and O–H groups in total. The van der Waals surface area contributed by atoms with Gasteiger partial charge in [0.2, 0.25) is 0 Å². The summed E-state index contributed by atoms with van der Waals surface area (Å²) >= 11 is 5.69. The van der Waals surface area contributed by atoms with Crippen LogP contribution in [-0.2, 0) is 0 Å². The summed E-state index contributed by atoms with van der Waals surface area (Å²) in [5.74, 6) is 0.144. The molecule has 88 valence electrons. The van der Waals surface area contributed by atoms with Gasteiger partial charge in [-0.25, -0.2) is 4.98 Å². The third-order valence-corrected chi connectivity index (χ3v) is 2.29. The highest BCUT2D eigenvalue weighted by Gasteiger charge is 2.14. The zero-order valence-corrected chi connectivity index (χ0v) is 9.64. The van der Waals surface area contributed by atoms with E-state index in [1.165, 1.54) is 12.3 Å². The van der Waals surface area contributed by atoms with Crippen molar-refractivity contribution in [3.63, 3.8) is 0 Å². The van der Waals surface area contributed by atoms with E-state index in [2.05, 4.69) is 30.9 Å². The zero-order chi connectivity index (χ0) is 12.3. The number of pyridine rings is 1. The third-order valence-electron chi connectivity index (χ3n) is 2.09. The van der Waals surface area contributed by atoms with Gasteiger partial charge in [-0.15, -0.1) is 10.2 Å². The topological polar surface area (TPSA) is 96.5 Å². The van der Waals surface area contributed by atoms with Crippen LogP contribution in [0.25, 0.3) is 0 Å². The van der Waals surface area contributed by atoms with E-state index >= 15 is 0 Å². The molecular formula is C9H9ClN6O. The molecule has 0 bridgehead atoms. The number of nitrogens with one attached hydrogen (secondary N) is 2. The normalized spacial score (nSPS) is 12.1. The molecule has 8 heteroatoms. The van der Waals surface area contributed by atoms with E-state index in [0.717, 1.165) is 0 Å². The van der Waals surface area contributed by atoms with Crippen LogP contribution in [0.3, 0.4) is 0 Å². The second kappa shape index (κ2) is 4.88. The van der Waals surface area contributed by atoms with E-state index in [1.54, 1.807) is 13.0 Å². The Bertz CT molecular complexity index is 514. The molecule has 0 aromatic carbocycles. The van der Waals surface area contributed by atoms with Crippen LogP contribution in [0.2, 0.25) is 5.15 Å². The summed E-state index contributed by atoms with van der Waals surface area (Å²) in [5.41, 5.74) is 0.431. The van der Waals surface area contributed by atoms with Crippen molar-refractivity contribution in [1.29, 1.82) is 0 Å². The fourth-order valence-corrected chi connectivity index (χ4v) is 1.42. The first-order valence-corrected chi connectivity index (χ1v) is 5.20. The van der Waals surface area contributed by atoms with Gasteiger partial charge in [-0.2, -0.15) is 5.21 Å². The number of hydrogen-bond acceptors (Lipinski definition) is 5. The summed E-state index contributed by atoms with van der Waals surface area (Å²) in [6, 6.07) is 2.72. The van der Waals surface area contributed by atoms with Crippen molar-refractivity contribution in [2.24, 2.45) is 0 Å². The molecule has 1 atom stereocenters. The SMILES string of the molecule is CC(NC(=O)c1ccnc(Cl)c1)c1nn[nH]n1. The smallest absolute Gasteiger partial charge is 0.252 e. The number of hydrogen-bond donors (Lipinski definition) is 2. The maximum atomic E-state index is 11.8. The highest BCUT2D eigenvalue weighted by Crippen LogP contribution is 2.09. The van der Waals surface area contributed by atoms with Gasteiger partial charge in [-0.1, -0.05) is 16.8 Å². The molecule has 2 aromatic heterocycles. The van der Waals surface area contributed by atoms with Gasteiger partial charge in [0.25, 0.3) is 5.91 Å². The van der Waals surface area contributed by atoms with Crippen LogP contribution in [0, 0.1) is 0 Å². The van der Waals surface area contributed by atoms with Crippen LogP contribution in [0.4, 0.5) is 0 Å². The standard InChI is InChI=1S/C9H9ClN6O/c1-5(8-13-15-16-14-8)12-9(17)6-2-3-11-7(10)4-6/h2-5H,1H3,(H,12,17)(H,13,14,15,16). The van der Waals surface area contributed by atoms with Crippen LogP contribution < -0.4 is 5.32 Å². The molecular weight excluding hydrogens is 244 g/mol. The Morgan fingerprint density at radius 3 is 3.06 bits per heavy atom. The van der Waals surface area contributed by atoms with Gasteiger partial charge >= 0.3 is 0 Å². The number of aromatic nitrogens is 5. The molecule has 0 saturated heterocycles. The quantitative estimate of drug-likeness (QED) is 0.786. The maximum Gasteiger partial charge on any atom is 0.252 e. The third kappa shape index (κ3) is 2.76. The minimum Gasteiger partial charge on any atom is -0.342 e. The van der Waals surface area contributed by atoms with Crippen molar-refractivity contribution >= 4 is 17.5 Å². The first kappa shape index (κ1) is 11.5. The molecule has 0 aliphatic rings. The first-order valence-electron chi connectivity index (χ1n) is 4.82. The molecule has 0 spiro atoms. The number of aromatic amines is 1. The lowest BCUT2D eigenvalue weighted by atomic mass is 10.2. The van der Waals surface area contributed by atoms with Crippen molar-refractivity contribution in [1.82, 2.24) is 30.9 Å². The van der Waals surface area contributed by atoms with E-state index in [4.69, 9.17) is 11.6 Å². The fourth-order valence-electron chi connectivity index (χ4n) is 1.24. The monoisotopic (exact) mass is 252 g/mol. The fraction of sp³-hybridized carbons (Fsp3) is 0.222. The molecule has 1 amide bonds. The molecule has 0 radical (unpaired) electrons. The van der Waals surface area contributed by atoms with Crippen LogP contribution in [0.5, 0.6) is 0 Å². The summed E-state index contributed by atoms with van der Waals surface area (Å²) in [5, 5.41) is 16.3. The number of carbonyl (C=O) groups is 1. The number of amides is 1.